The second-order valence-electron chi connectivity index (χ2n) is 3.38. The van der Waals surface area contributed by atoms with Crippen LogP contribution in [0.1, 0.15) is 12.7 Å². The lowest BCUT2D eigenvalue weighted by Crippen LogP contribution is -2.02. The molecule has 0 saturated carbocycles. The summed E-state index contributed by atoms with van der Waals surface area (Å²) in [5, 5.41) is 3.89. The summed E-state index contributed by atoms with van der Waals surface area (Å²) in [5.41, 5.74) is 1.41. The Morgan fingerprint density at radius 3 is 2.62 bits per heavy atom. The molecular weight excluding hydrogens is 206 g/mol. The van der Waals surface area contributed by atoms with Crippen LogP contribution in [0, 0.1) is 6.92 Å². The summed E-state index contributed by atoms with van der Waals surface area (Å²) in [4.78, 5) is 11.0. The van der Waals surface area contributed by atoms with Crippen molar-refractivity contribution in [2.45, 2.75) is 13.8 Å². The quantitative estimate of drug-likeness (QED) is 0.725. The van der Waals surface area contributed by atoms with Gasteiger partial charge in [-0.1, -0.05) is 35.5 Å². The molecule has 0 unspecified atom stereocenters. The standard InChI is InChI=1S/C12H11NO3/c1-8-12(15-9(2)14)11(13-16-8)10-6-4-3-5-7-10/h3-7H,1-2H3. The van der Waals surface area contributed by atoms with E-state index in [0.717, 1.165) is 5.56 Å². The van der Waals surface area contributed by atoms with Crippen LogP contribution in [0.25, 0.3) is 11.3 Å². The van der Waals surface area contributed by atoms with Crippen LogP contribution in [0.4, 0.5) is 0 Å². The number of hydrogen-bond acceptors (Lipinski definition) is 4. The first kappa shape index (κ1) is 10.4. The minimum absolute atomic E-state index is 0.386. The van der Waals surface area contributed by atoms with Crippen molar-refractivity contribution in [3.05, 3.63) is 36.1 Å². The Labute approximate surface area is 92.8 Å². The Bertz CT molecular complexity index is 502. The molecule has 4 nitrogen and oxygen atoms in total. The number of hydrogen-bond donors (Lipinski definition) is 0. The minimum Gasteiger partial charge on any atom is -0.420 e. The molecule has 0 radical (unpaired) electrons. The van der Waals surface area contributed by atoms with Crippen molar-refractivity contribution in [2.75, 3.05) is 0 Å². The zero-order valence-corrected chi connectivity index (χ0v) is 9.06. The van der Waals surface area contributed by atoms with E-state index in [2.05, 4.69) is 5.16 Å². The highest BCUT2D eigenvalue weighted by Crippen LogP contribution is 2.31. The van der Waals surface area contributed by atoms with Gasteiger partial charge in [-0.25, -0.2) is 0 Å². The van der Waals surface area contributed by atoms with E-state index in [0.29, 0.717) is 17.2 Å². The lowest BCUT2D eigenvalue weighted by molar-refractivity contribution is -0.131. The maximum atomic E-state index is 11.0. The first-order valence-corrected chi connectivity index (χ1v) is 4.88. The summed E-state index contributed by atoms with van der Waals surface area (Å²) in [5.74, 6) is 0.497. The second kappa shape index (κ2) is 4.18. The first-order chi connectivity index (χ1) is 7.68. The average Bonchev–Trinajstić information content (AvgIpc) is 2.61. The smallest absolute Gasteiger partial charge is 0.308 e. The summed E-state index contributed by atoms with van der Waals surface area (Å²) in [6, 6.07) is 9.43. The van der Waals surface area contributed by atoms with Gasteiger partial charge in [0.15, 0.2) is 11.5 Å². The van der Waals surface area contributed by atoms with Gasteiger partial charge in [-0.2, -0.15) is 0 Å². The lowest BCUT2D eigenvalue weighted by atomic mass is 10.1. The molecule has 1 aromatic heterocycles. The molecule has 82 valence electrons. The Morgan fingerprint density at radius 2 is 2.00 bits per heavy atom. The molecule has 1 aromatic carbocycles. The van der Waals surface area contributed by atoms with Crippen LogP contribution in [0.2, 0.25) is 0 Å². The maximum absolute atomic E-state index is 11.0. The monoisotopic (exact) mass is 217 g/mol. The molecule has 0 aliphatic heterocycles. The number of aromatic nitrogens is 1. The van der Waals surface area contributed by atoms with E-state index in [1.807, 2.05) is 30.3 Å². The van der Waals surface area contributed by atoms with Crippen LogP contribution in [0.15, 0.2) is 34.9 Å². The van der Waals surface area contributed by atoms with Crippen molar-refractivity contribution in [2.24, 2.45) is 0 Å². The van der Waals surface area contributed by atoms with Crippen LogP contribution in [-0.4, -0.2) is 11.1 Å². The molecule has 0 bridgehead atoms. The molecule has 0 aliphatic rings. The summed E-state index contributed by atoms with van der Waals surface area (Å²) < 4.78 is 10.1. The van der Waals surface area contributed by atoms with Crippen LogP contribution in [-0.2, 0) is 4.79 Å². The second-order valence-corrected chi connectivity index (χ2v) is 3.38. The molecule has 0 N–H and O–H groups in total. The molecule has 16 heavy (non-hydrogen) atoms. The molecule has 0 saturated heterocycles. The third-order valence-electron chi connectivity index (χ3n) is 2.10. The van der Waals surface area contributed by atoms with Gasteiger partial charge in [0.2, 0.25) is 5.75 Å². The SMILES string of the molecule is CC(=O)Oc1c(-c2ccccc2)noc1C. The largest absolute Gasteiger partial charge is 0.420 e. The zero-order chi connectivity index (χ0) is 11.5. The van der Waals surface area contributed by atoms with Gasteiger partial charge in [-0.05, 0) is 0 Å². The fraction of sp³-hybridized carbons (Fsp3) is 0.167. The number of aryl methyl sites for hydroxylation is 1. The van der Waals surface area contributed by atoms with Crippen LogP contribution < -0.4 is 4.74 Å². The summed E-state index contributed by atoms with van der Waals surface area (Å²) in [7, 11) is 0. The fourth-order valence-corrected chi connectivity index (χ4v) is 1.41. The summed E-state index contributed by atoms with van der Waals surface area (Å²) in [6.07, 6.45) is 0. The Kier molecular flexibility index (Phi) is 2.72. The Hall–Kier alpha value is -2.10. The molecule has 0 aliphatic carbocycles. The molecule has 0 fully saturated rings. The Morgan fingerprint density at radius 1 is 1.31 bits per heavy atom. The topological polar surface area (TPSA) is 52.3 Å². The highest BCUT2D eigenvalue weighted by molar-refractivity contribution is 5.75. The van der Waals surface area contributed by atoms with Crippen molar-refractivity contribution >= 4 is 5.97 Å². The van der Waals surface area contributed by atoms with E-state index >= 15 is 0 Å². The molecule has 4 heteroatoms. The summed E-state index contributed by atoms with van der Waals surface area (Å²) in [6.45, 7) is 3.05. The number of rotatable bonds is 2. The number of ether oxygens (including phenoxy) is 1. The molecule has 0 atom stereocenters. The van der Waals surface area contributed by atoms with Crippen molar-refractivity contribution in [3.8, 4) is 17.0 Å². The number of carbonyl (C=O) groups is 1. The van der Waals surface area contributed by atoms with E-state index in [1.165, 1.54) is 6.92 Å². The van der Waals surface area contributed by atoms with Gasteiger partial charge in [0.05, 0.1) is 0 Å². The van der Waals surface area contributed by atoms with Gasteiger partial charge >= 0.3 is 5.97 Å². The van der Waals surface area contributed by atoms with Gasteiger partial charge in [0.25, 0.3) is 0 Å². The van der Waals surface area contributed by atoms with E-state index in [4.69, 9.17) is 9.26 Å². The van der Waals surface area contributed by atoms with Gasteiger partial charge in [0.1, 0.15) is 0 Å². The van der Waals surface area contributed by atoms with Crippen LogP contribution >= 0.6 is 0 Å². The van der Waals surface area contributed by atoms with Crippen molar-refractivity contribution in [3.63, 3.8) is 0 Å². The Balaban J connectivity index is 2.46. The van der Waals surface area contributed by atoms with Crippen LogP contribution in [0.5, 0.6) is 5.75 Å². The van der Waals surface area contributed by atoms with Crippen molar-refractivity contribution < 1.29 is 14.1 Å². The normalized spacial score (nSPS) is 10.1. The number of carbonyl (C=O) groups excluding carboxylic acids is 1. The van der Waals surface area contributed by atoms with Crippen molar-refractivity contribution in [1.29, 1.82) is 0 Å². The zero-order valence-electron chi connectivity index (χ0n) is 9.06. The first-order valence-electron chi connectivity index (χ1n) is 4.88. The van der Waals surface area contributed by atoms with Gasteiger partial charge in [0, 0.05) is 19.4 Å². The van der Waals surface area contributed by atoms with Crippen LogP contribution in [0.3, 0.4) is 0 Å². The predicted octanol–water partition coefficient (Wildman–Crippen LogP) is 2.58. The average molecular weight is 217 g/mol. The van der Waals surface area contributed by atoms with E-state index in [-0.39, 0.29) is 5.97 Å². The number of nitrogens with zero attached hydrogens (tertiary/aromatic N) is 1. The van der Waals surface area contributed by atoms with E-state index < -0.39 is 0 Å². The predicted molar refractivity (Wildman–Crippen MR) is 58.0 cm³/mol. The van der Waals surface area contributed by atoms with Gasteiger partial charge in [-0.15, -0.1) is 0 Å². The molecule has 2 aromatic rings. The number of benzene rings is 1. The van der Waals surface area contributed by atoms with Crippen molar-refractivity contribution in [1.82, 2.24) is 5.16 Å². The fourth-order valence-electron chi connectivity index (χ4n) is 1.41. The molecule has 0 amide bonds. The molecule has 2 rings (SSSR count). The highest BCUT2D eigenvalue weighted by atomic mass is 16.6. The number of esters is 1. The van der Waals surface area contributed by atoms with Gasteiger partial charge < -0.3 is 9.26 Å². The lowest BCUT2D eigenvalue weighted by Gasteiger charge is -2.01. The third kappa shape index (κ3) is 1.95. The molecule has 1 heterocycles. The maximum Gasteiger partial charge on any atom is 0.308 e. The minimum atomic E-state index is -0.386. The third-order valence-corrected chi connectivity index (χ3v) is 2.10. The highest BCUT2D eigenvalue weighted by Gasteiger charge is 2.17. The molecule has 0 spiro atoms. The molecular formula is C12H11NO3. The summed E-state index contributed by atoms with van der Waals surface area (Å²) >= 11 is 0. The van der Waals surface area contributed by atoms with E-state index in [1.54, 1.807) is 6.92 Å². The van der Waals surface area contributed by atoms with Gasteiger partial charge in [-0.3, -0.25) is 4.79 Å². The van der Waals surface area contributed by atoms with E-state index in [9.17, 15) is 4.79 Å².